The number of fused-ring (bicyclic) bond motifs is 2. The van der Waals surface area contributed by atoms with Crippen LogP contribution in [0.3, 0.4) is 0 Å². The molecular weight excluding hydrogens is 1020 g/mol. The zero-order valence-electron chi connectivity index (χ0n) is 40.6. The van der Waals surface area contributed by atoms with Crippen LogP contribution in [0.5, 0.6) is 0 Å². The van der Waals surface area contributed by atoms with E-state index in [-0.39, 0.29) is 48.1 Å². The molecule has 378 valence electrons. The quantitative estimate of drug-likeness (QED) is 0.0756. The predicted molar refractivity (Wildman–Crippen MR) is 272 cm³/mol. The zero-order valence-corrected chi connectivity index (χ0v) is 42.8. The minimum atomic E-state index is -1.00. The van der Waals surface area contributed by atoms with E-state index in [0.717, 1.165) is 51.7 Å². The molecule has 18 heteroatoms. The van der Waals surface area contributed by atoms with Gasteiger partial charge in [0.15, 0.2) is 0 Å². The highest BCUT2D eigenvalue weighted by atomic mass is 79.9. The number of amides is 6. The highest BCUT2D eigenvalue weighted by Gasteiger charge is 2.41. The Morgan fingerprint density at radius 3 is 1.54 bits per heavy atom. The molecule has 6 heterocycles. The number of likely N-dealkylation sites (tertiary alicyclic amines) is 1. The third kappa shape index (κ3) is 13.7. The number of piperidine rings is 4. The normalized spacial score (nSPS) is 20.0. The van der Waals surface area contributed by atoms with Gasteiger partial charge in [-0.25, -0.2) is 8.78 Å². The number of halogens is 4. The average molecular weight is 1080 g/mol. The summed E-state index contributed by atoms with van der Waals surface area (Å²) < 4.78 is 44.6. The van der Waals surface area contributed by atoms with Crippen LogP contribution in [0.2, 0.25) is 0 Å². The van der Waals surface area contributed by atoms with Crippen molar-refractivity contribution in [2.45, 2.75) is 123 Å². The molecule has 0 radical (unpaired) electrons. The van der Waals surface area contributed by atoms with Gasteiger partial charge in [-0.1, -0.05) is 65.2 Å². The number of rotatable bonds is 11. The third-order valence-electron chi connectivity index (χ3n) is 13.3. The van der Waals surface area contributed by atoms with E-state index < -0.39 is 31.1 Å². The number of imide groups is 2. The standard InChI is InChI=1S/C26H28FN3O3S.C21H18BrFN2O3S.C5H11N.CH3F/c27-21-13-17(14-29-11-2-1-3-12-29)7-8-18(21)16-34-23-6-4-5-19-20(23)15-30(26(19)33)22-9-10-24(31)28-25(22)32;22-9-12-4-5-13(16(23)8-12)11-29-18-3-1-2-14-15(18)10-25(21(14)28)17-6-7-19(26)24-20(17)27;1-2-4-6-5-3-1;1-2/h4-8,13,22H,1-3,9-12,14-16H2,(H,28,31,32);1-5,8,17H,6-7,9-11H2,(H,24,26,27);6H,1-5H2;1H3/i;;;1D. The lowest BCUT2D eigenvalue weighted by atomic mass is 10.0. The molecule has 4 fully saturated rings. The molecule has 0 aliphatic carbocycles. The van der Waals surface area contributed by atoms with Gasteiger partial charge in [-0.05, 0) is 134 Å². The largest absolute Gasteiger partial charge is 0.322 e. The van der Waals surface area contributed by atoms with Gasteiger partial charge in [0.25, 0.3) is 11.8 Å². The molecule has 3 N–H and O–H groups in total. The van der Waals surface area contributed by atoms with Gasteiger partial charge in [-0.2, -0.15) is 0 Å². The second-order valence-corrected chi connectivity index (χ2v) is 20.7. The van der Waals surface area contributed by atoms with Crippen molar-refractivity contribution in [3.8, 4) is 0 Å². The van der Waals surface area contributed by atoms with E-state index >= 15 is 0 Å². The van der Waals surface area contributed by atoms with Gasteiger partial charge in [0, 0.05) is 70.2 Å². The van der Waals surface area contributed by atoms with Gasteiger partial charge in [0.05, 0.1) is 8.52 Å². The van der Waals surface area contributed by atoms with Crippen molar-refractivity contribution in [1.82, 2.24) is 30.7 Å². The topological polar surface area (TPSA) is 148 Å². The van der Waals surface area contributed by atoms with E-state index in [0.29, 0.717) is 65.0 Å². The van der Waals surface area contributed by atoms with Crippen LogP contribution in [0.25, 0.3) is 0 Å². The number of alkyl halides is 2. The Kier molecular flexibility index (Phi) is 19.2. The van der Waals surface area contributed by atoms with Crippen molar-refractivity contribution in [3.05, 3.63) is 129 Å². The maximum absolute atomic E-state index is 14.9. The van der Waals surface area contributed by atoms with Crippen molar-refractivity contribution in [2.24, 2.45) is 0 Å². The smallest absolute Gasteiger partial charge is 0.255 e. The fourth-order valence-electron chi connectivity index (χ4n) is 9.47. The third-order valence-corrected chi connectivity index (χ3v) is 16.2. The maximum atomic E-state index is 14.9. The lowest BCUT2D eigenvalue weighted by Gasteiger charge is -2.29. The SMILES string of the molecule is C1CCNCC1.O=C1CCC(N2Cc3c(SCc4ccc(CBr)cc4F)cccc3C2=O)C(=O)N1.O=C1CCC(N2Cc3c(SCc4ccc(CN5CCCCC5)cc4F)cccc3C2=O)C(=O)N1.[2H]CF. The van der Waals surface area contributed by atoms with Crippen molar-refractivity contribution in [3.63, 3.8) is 0 Å². The Balaban J connectivity index is 0.000000182. The number of thioether (sulfide) groups is 2. The van der Waals surface area contributed by atoms with E-state index in [1.165, 1.54) is 86.1 Å². The molecule has 4 saturated heterocycles. The molecule has 4 aromatic rings. The Morgan fingerprint density at radius 2 is 1.11 bits per heavy atom. The number of hydrogen-bond donors (Lipinski definition) is 3. The molecule has 71 heavy (non-hydrogen) atoms. The first-order valence-corrected chi connectivity index (χ1v) is 27.2. The summed E-state index contributed by atoms with van der Waals surface area (Å²) in [6.45, 7) is 6.07. The van der Waals surface area contributed by atoms with Gasteiger partial charge in [-0.15, -0.1) is 23.5 Å². The first kappa shape index (κ1) is 52.3. The van der Waals surface area contributed by atoms with Crippen LogP contribution in [0.1, 0.15) is 120 Å². The van der Waals surface area contributed by atoms with E-state index in [4.69, 9.17) is 1.37 Å². The monoisotopic (exact) mass is 1080 g/mol. The lowest BCUT2D eigenvalue weighted by molar-refractivity contribution is -0.138. The summed E-state index contributed by atoms with van der Waals surface area (Å²) in [7, 11) is -1.00. The Morgan fingerprint density at radius 1 is 0.648 bits per heavy atom. The van der Waals surface area contributed by atoms with Crippen molar-refractivity contribution < 1.29 is 43.3 Å². The Hall–Kier alpha value is -5.01. The number of carbonyl (C=O) groups excluding carboxylic acids is 6. The first-order valence-electron chi connectivity index (χ1n) is 24.8. The Labute approximate surface area is 431 Å². The van der Waals surface area contributed by atoms with Crippen LogP contribution in [0.4, 0.5) is 13.2 Å². The highest BCUT2D eigenvalue weighted by molar-refractivity contribution is 9.08. The lowest BCUT2D eigenvalue weighted by Crippen LogP contribution is -2.52. The number of benzene rings is 4. The molecule has 0 spiro atoms. The number of nitrogens with zero attached hydrogens (tertiary/aromatic N) is 3. The minimum Gasteiger partial charge on any atom is -0.322 e. The van der Waals surface area contributed by atoms with Crippen LogP contribution in [0.15, 0.2) is 82.6 Å². The van der Waals surface area contributed by atoms with Crippen molar-refractivity contribution in [1.29, 1.82) is 0 Å². The molecule has 6 amide bonds. The second kappa shape index (κ2) is 26.1. The van der Waals surface area contributed by atoms with Gasteiger partial charge in [0.1, 0.15) is 23.7 Å². The van der Waals surface area contributed by atoms with E-state index in [1.54, 1.807) is 35.2 Å². The van der Waals surface area contributed by atoms with Crippen LogP contribution < -0.4 is 16.0 Å². The molecule has 0 aromatic heterocycles. The highest BCUT2D eigenvalue weighted by Crippen LogP contribution is 2.38. The van der Waals surface area contributed by atoms with Crippen LogP contribution in [-0.4, -0.2) is 95.6 Å². The van der Waals surface area contributed by atoms with E-state index in [9.17, 15) is 41.9 Å². The molecular formula is C53H60BrF3N6O6S2. The summed E-state index contributed by atoms with van der Waals surface area (Å²) in [6.07, 6.45) is 9.03. The summed E-state index contributed by atoms with van der Waals surface area (Å²) >= 11 is 6.30. The fourth-order valence-corrected chi connectivity index (χ4v) is 12.0. The summed E-state index contributed by atoms with van der Waals surface area (Å²) in [5.74, 6) is -1.39. The maximum Gasteiger partial charge on any atom is 0.255 e. The number of nitrogens with one attached hydrogen (secondary N) is 3. The molecule has 6 aliphatic heterocycles. The fraction of sp³-hybridized carbons (Fsp3) is 0.434. The molecule has 12 nitrogen and oxygen atoms in total. The molecule has 10 rings (SSSR count). The van der Waals surface area contributed by atoms with E-state index in [2.05, 4.69) is 36.8 Å². The van der Waals surface area contributed by atoms with Gasteiger partial charge < -0.3 is 15.1 Å². The summed E-state index contributed by atoms with van der Waals surface area (Å²) in [4.78, 5) is 80.5. The molecule has 0 saturated carbocycles. The van der Waals surface area contributed by atoms with Crippen molar-refractivity contribution >= 4 is 74.9 Å². The molecule has 4 aromatic carbocycles. The minimum absolute atomic E-state index is 0.194. The predicted octanol–water partition coefficient (Wildman–Crippen LogP) is 8.98. The van der Waals surface area contributed by atoms with Gasteiger partial charge in [-0.3, -0.25) is 48.7 Å². The summed E-state index contributed by atoms with van der Waals surface area (Å²) in [5, 5.41) is 8.52. The van der Waals surface area contributed by atoms with Crippen LogP contribution in [0, 0.1) is 11.6 Å². The average Bonchev–Trinajstić information content (AvgIpc) is 3.90. The number of carbonyl (C=O) groups is 6. The van der Waals surface area contributed by atoms with Gasteiger partial charge >= 0.3 is 0 Å². The molecule has 6 aliphatic rings. The second-order valence-electron chi connectivity index (χ2n) is 18.1. The molecule has 2 atom stereocenters. The Bertz CT molecular complexity index is 2610. The van der Waals surface area contributed by atoms with Crippen molar-refractivity contribution in [2.75, 3.05) is 33.3 Å². The number of hydrogen-bond acceptors (Lipinski definition) is 10. The zero-order chi connectivity index (χ0) is 51.1. The van der Waals surface area contributed by atoms with Crippen LogP contribution >= 0.6 is 39.5 Å². The summed E-state index contributed by atoms with van der Waals surface area (Å²) in [5.41, 5.74) is 5.97. The van der Waals surface area contributed by atoms with Crippen LogP contribution in [-0.2, 0) is 55.6 Å². The first-order chi connectivity index (χ1) is 34.9. The summed E-state index contributed by atoms with van der Waals surface area (Å²) in [6, 6.07) is 20.4. The molecule has 0 bridgehead atoms. The molecule has 2 unspecified atom stereocenters. The van der Waals surface area contributed by atoms with Gasteiger partial charge in [0.2, 0.25) is 23.6 Å². The van der Waals surface area contributed by atoms with E-state index in [1.807, 2.05) is 36.4 Å².